The molecule has 144 valence electrons. The zero-order valence-corrected chi connectivity index (χ0v) is 15.7. The maximum atomic E-state index is 12.3. The van der Waals surface area contributed by atoms with Crippen molar-refractivity contribution in [3.63, 3.8) is 0 Å². The molecule has 0 bridgehead atoms. The van der Waals surface area contributed by atoms with E-state index in [1.807, 2.05) is 0 Å². The van der Waals surface area contributed by atoms with Gasteiger partial charge in [-0.15, -0.1) is 0 Å². The first-order valence-electron chi connectivity index (χ1n) is 9.49. The minimum absolute atomic E-state index is 0.0742. The first-order chi connectivity index (χ1) is 12.4. The number of carbonyl (C=O) groups is 2. The fourth-order valence-electron chi connectivity index (χ4n) is 4.11. The molecule has 1 spiro atoms. The number of hydrogen-bond donors (Lipinski definition) is 1. The second kappa shape index (κ2) is 7.73. The van der Waals surface area contributed by atoms with Gasteiger partial charge < -0.3 is 15.2 Å². The van der Waals surface area contributed by atoms with Gasteiger partial charge in [-0.1, -0.05) is 19.0 Å². The predicted octanol–water partition coefficient (Wildman–Crippen LogP) is 1.42. The van der Waals surface area contributed by atoms with Gasteiger partial charge in [-0.25, -0.2) is 0 Å². The van der Waals surface area contributed by atoms with E-state index in [4.69, 9.17) is 10.3 Å². The van der Waals surface area contributed by atoms with Crippen molar-refractivity contribution < 1.29 is 14.1 Å². The number of primary amides is 1. The van der Waals surface area contributed by atoms with Crippen LogP contribution in [0.15, 0.2) is 4.52 Å². The summed E-state index contributed by atoms with van der Waals surface area (Å²) in [5, 5.41) is 3.61. The molecule has 0 radical (unpaired) electrons. The number of hydrogen-bond acceptors (Lipinski definition) is 6. The predicted molar refractivity (Wildman–Crippen MR) is 95.0 cm³/mol. The molecule has 8 heteroatoms. The summed E-state index contributed by atoms with van der Waals surface area (Å²) in [4.78, 5) is 31.8. The van der Waals surface area contributed by atoms with Gasteiger partial charge in [0, 0.05) is 31.5 Å². The number of carbonyl (C=O) groups excluding carboxylic acids is 2. The van der Waals surface area contributed by atoms with E-state index in [1.54, 1.807) is 0 Å². The van der Waals surface area contributed by atoms with E-state index < -0.39 is 5.91 Å². The third kappa shape index (κ3) is 4.41. The smallest absolute Gasteiger partial charge is 0.290 e. The second-order valence-electron chi connectivity index (χ2n) is 8.19. The highest BCUT2D eigenvalue weighted by atomic mass is 16.5. The van der Waals surface area contributed by atoms with Gasteiger partial charge in [-0.2, -0.15) is 4.98 Å². The number of nitrogens with two attached hydrogens (primary N) is 1. The monoisotopic (exact) mass is 363 g/mol. The van der Waals surface area contributed by atoms with Crippen molar-refractivity contribution in [3.05, 3.63) is 11.7 Å². The van der Waals surface area contributed by atoms with Crippen molar-refractivity contribution in [3.8, 4) is 0 Å². The van der Waals surface area contributed by atoms with Crippen LogP contribution in [0.5, 0.6) is 0 Å². The topological polar surface area (TPSA) is 106 Å². The molecule has 2 fully saturated rings. The Balaban J connectivity index is 1.62. The summed E-state index contributed by atoms with van der Waals surface area (Å²) in [7, 11) is 0. The molecule has 1 atom stereocenters. The Kier molecular flexibility index (Phi) is 5.60. The van der Waals surface area contributed by atoms with E-state index in [0.29, 0.717) is 24.8 Å². The summed E-state index contributed by atoms with van der Waals surface area (Å²) in [6, 6.07) is 0. The summed E-state index contributed by atoms with van der Waals surface area (Å²) < 4.78 is 5.14. The van der Waals surface area contributed by atoms with Gasteiger partial charge in [0.25, 0.3) is 11.7 Å². The molecule has 1 aromatic rings. The largest absolute Gasteiger partial charge is 0.363 e. The molecule has 26 heavy (non-hydrogen) atoms. The third-order valence-electron chi connectivity index (χ3n) is 5.51. The lowest BCUT2D eigenvalue weighted by Crippen LogP contribution is -2.54. The Labute approximate surface area is 154 Å². The molecule has 2 amide bonds. The summed E-state index contributed by atoms with van der Waals surface area (Å²) in [5.41, 5.74) is 5.32. The summed E-state index contributed by atoms with van der Waals surface area (Å²) in [6.07, 6.45) is 4.85. The number of likely N-dealkylation sites (tertiary alicyclic amines) is 2. The summed E-state index contributed by atoms with van der Waals surface area (Å²) in [6.45, 7) is 8.45. The van der Waals surface area contributed by atoms with E-state index >= 15 is 0 Å². The Hall–Kier alpha value is -1.96. The Morgan fingerprint density at radius 2 is 2.15 bits per heavy atom. The zero-order valence-electron chi connectivity index (χ0n) is 15.7. The summed E-state index contributed by atoms with van der Waals surface area (Å²) in [5.74, 6) is 0.549. The van der Waals surface area contributed by atoms with Crippen LogP contribution in [0.3, 0.4) is 0 Å². The van der Waals surface area contributed by atoms with Crippen molar-refractivity contribution >= 4 is 11.8 Å². The standard InChI is InChI=1S/C18H29N5O3/c1-13(2)5-9-23-12-18(7-4-15(23)24)6-3-8-22(11-18)10-14-20-17(16(19)25)21-26-14/h13H,3-12H2,1-2H3,(H2,19,25)/t18-/m0/s1. The Morgan fingerprint density at radius 3 is 2.85 bits per heavy atom. The lowest BCUT2D eigenvalue weighted by atomic mass is 9.73. The molecular weight excluding hydrogens is 334 g/mol. The molecule has 3 heterocycles. The molecule has 0 saturated carbocycles. The van der Waals surface area contributed by atoms with E-state index in [-0.39, 0.29) is 17.1 Å². The van der Waals surface area contributed by atoms with Crippen LogP contribution in [0.4, 0.5) is 0 Å². The van der Waals surface area contributed by atoms with E-state index in [2.05, 4.69) is 33.8 Å². The number of piperidine rings is 2. The first-order valence-corrected chi connectivity index (χ1v) is 9.49. The van der Waals surface area contributed by atoms with Crippen LogP contribution in [-0.2, 0) is 11.3 Å². The normalized spacial score (nSPS) is 24.6. The molecule has 2 aliphatic rings. The van der Waals surface area contributed by atoms with Crippen molar-refractivity contribution in [2.45, 2.75) is 52.5 Å². The van der Waals surface area contributed by atoms with Crippen LogP contribution < -0.4 is 5.73 Å². The van der Waals surface area contributed by atoms with Crippen LogP contribution >= 0.6 is 0 Å². The first kappa shape index (κ1) is 18.8. The third-order valence-corrected chi connectivity index (χ3v) is 5.51. The average molecular weight is 363 g/mol. The SMILES string of the molecule is CC(C)CCN1C[C@@]2(CCCN(Cc3nc(C(N)=O)no3)C2)CCC1=O. The molecule has 2 saturated heterocycles. The minimum atomic E-state index is -0.679. The van der Waals surface area contributed by atoms with Crippen molar-refractivity contribution in [2.75, 3.05) is 26.2 Å². The average Bonchev–Trinajstić information content (AvgIpc) is 3.05. The molecule has 0 aromatic carbocycles. The Morgan fingerprint density at radius 1 is 1.35 bits per heavy atom. The van der Waals surface area contributed by atoms with Gasteiger partial charge in [0.2, 0.25) is 11.8 Å². The van der Waals surface area contributed by atoms with E-state index in [9.17, 15) is 9.59 Å². The van der Waals surface area contributed by atoms with Crippen molar-refractivity contribution in [1.29, 1.82) is 0 Å². The number of aromatic nitrogens is 2. The summed E-state index contributed by atoms with van der Waals surface area (Å²) >= 11 is 0. The number of amides is 2. The van der Waals surface area contributed by atoms with Gasteiger partial charge in [-0.3, -0.25) is 14.5 Å². The van der Waals surface area contributed by atoms with Gasteiger partial charge >= 0.3 is 0 Å². The van der Waals surface area contributed by atoms with Crippen molar-refractivity contribution in [1.82, 2.24) is 19.9 Å². The Bertz CT molecular complexity index is 659. The molecule has 2 N–H and O–H groups in total. The molecule has 2 aliphatic heterocycles. The minimum Gasteiger partial charge on any atom is -0.363 e. The molecule has 8 nitrogen and oxygen atoms in total. The highest BCUT2D eigenvalue weighted by Gasteiger charge is 2.41. The maximum absolute atomic E-state index is 12.3. The molecule has 0 unspecified atom stereocenters. The van der Waals surface area contributed by atoms with E-state index in [1.165, 1.54) is 0 Å². The van der Waals surface area contributed by atoms with Crippen LogP contribution in [0.2, 0.25) is 0 Å². The van der Waals surface area contributed by atoms with Gasteiger partial charge in [-0.05, 0) is 38.1 Å². The van der Waals surface area contributed by atoms with Crippen LogP contribution in [0.1, 0.15) is 62.5 Å². The zero-order chi connectivity index (χ0) is 18.7. The fourth-order valence-corrected chi connectivity index (χ4v) is 4.11. The fraction of sp³-hybridized carbons (Fsp3) is 0.778. The molecule has 3 rings (SSSR count). The lowest BCUT2D eigenvalue weighted by molar-refractivity contribution is -0.139. The maximum Gasteiger partial charge on any atom is 0.290 e. The number of rotatable bonds is 6. The van der Waals surface area contributed by atoms with Crippen LogP contribution in [0, 0.1) is 11.3 Å². The quantitative estimate of drug-likeness (QED) is 0.819. The van der Waals surface area contributed by atoms with Crippen molar-refractivity contribution in [2.24, 2.45) is 17.1 Å². The van der Waals surface area contributed by atoms with Crippen LogP contribution in [-0.4, -0.2) is 57.9 Å². The molecule has 1 aromatic heterocycles. The molecule has 0 aliphatic carbocycles. The highest BCUT2D eigenvalue weighted by molar-refractivity contribution is 5.88. The highest BCUT2D eigenvalue weighted by Crippen LogP contribution is 2.39. The van der Waals surface area contributed by atoms with Crippen LogP contribution in [0.25, 0.3) is 0 Å². The van der Waals surface area contributed by atoms with Gasteiger partial charge in [0.1, 0.15) is 0 Å². The molecular formula is C18H29N5O3. The lowest BCUT2D eigenvalue weighted by Gasteiger charge is -2.48. The van der Waals surface area contributed by atoms with Gasteiger partial charge in [0.05, 0.1) is 6.54 Å². The second-order valence-corrected chi connectivity index (χ2v) is 8.19. The van der Waals surface area contributed by atoms with E-state index in [0.717, 1.165) is 51.9 Å². The van der Waals surface area contributed by atoms with Gasteiger partial charge in [0.15, 0.2) is 0 Å². The number of nitrogens with zero attached hydrogens (tertiary/aromatic N) is 4.